The van der Waals surface area contributed by atoms with Crippen molar-refractivity contribution >= 4 is 55.3 Å². The summed E-state index contributed by atoms with van der Waals surface area (Å²) < 4.78 is 1.75. The molecule has 0 unspecified atom stereocenters. The van der Waals surface area contributed by atoms with Crippen molar-refractivity contribution in [1.29, 1.82) is 0 Å². The van der Waals surface area contributed by atoms with Gasteiger partial charge in [0.05, 0.1) is 11.0 Å². The normalized spacial score (nSPS) is 10.9. The fourth-order valence-electron chi connectivity index (χ4n) is 2.00. The lowest BCUT2D eigenvalue weighted by molar-refractivity contribution is 0.103. The number of ketones is 1. The Hall–Kier alpha value is -1.41. The molecule has 0 saturated carbocycles. The van der Waals surface area contributed by atoms with E-state index in [2.05, 4.69) is 48.5 Å². The summed E-state index contributed by atoms with van der Waals surface area (Å²) in [5.41, 5.74) is 2.18. The number of benzene rings is 2. The van der Waals surface area contributed by atoms with E-state index in [4.69, 9.17) is 0 Å². The smallest absolute Gasteiger partial charge is 0.306 e. The van der Waals surface area contributed by atoms with Crippen molar-refractivity contribution in [2.45, 2.75) is 0 Å². The summed E-state index contributed by atoms with van der Waals surface area (Å²) in [4.78, 5) is 29.1. The first kappa shape index (κ1) is 13.6. The topological polar surface area (TPSA) is 65.7 Å². The molecular weight excluding hydrogens is 435 g/mol. The molecule has 0 aliphatic rings. The fourth-order valence-corrected chi connectivity index (χ4v) is 2.92. The number of aromatic nitrogens is 2. The lowest BCUT2D eigenvalue weighted by Crippen LogP contribution is -2.03. The molecule has 0 aliphatic heterocycles. The number of imidazole rings is 1. The van der Waals surface area contributed by atoms with Gasteiger partial charge < -0.3 is 9.97 Å². The summed E-state index contributed by atoms with van der Waals surface area (Å²) >= 11 is 5.56. The molecular formula is C14H8BrIN2O2. The van der Waals surface area contributed by atoms with Crippen LogP contribution in [0.15, 0.2) is 45.7 Å². The first-order valence-electron chi connectivity index (χ1n) is 5.76. The molecule has 0 spiro atoms. The van der Waals surface area contributed by atoms with Crippen LogP contribution in [0.5, 0.6) is 0 Å². The summed E-state index contributed by atoms with van der Waals surface area (Å²) in [6, 6.07) is 10.7. The maximum absolute atomic E-state index is 12.5. The third kappa shape index (κ3) is 2.45. The maximum atomic E-state index is 12.5. The molecule has 1 heterocycles. The summed E-state index contributed by atoms with van der Waals surface area (Å²) in [5, 5.41) is 0. The first-order valence-corrected chi connectivity index (χ1v) is 7.63. The van der Waals surface area contributed by atoms with E-state index < -0.39 is 0 Å². The van der Waals surface area contributed by atoms with Crippen LogP contribution < -0.4 is 5.69 Å². The average Bonchev–Trinajstić information content (AvgIpc) is 2.79. The molecule has 0 radical (unpaired) electrons. The minimum absolute atomic E-state index is 0.0839. The van der Waals surface area contributed by atoms with Crippen LogP contribution in [0.2, 0.25) is 0 Å². The zero-order valence-electron chi connectivity index (χ0n) is 10.0. The molecule has 100 valence electrons. The number of hydrogen-bond donors (Lipinski definition) is 2. The summed E-state index contributed by atoms with van der Waals surface area (Å²) in [6.45, 7) is 0. The highest BCUT2D eigenvalue weighted by Gasteiger charge is 2.14. The molecule has 1 aromatic heterocycles. The van der Waals surface area contributed by atoms with E-state index in [-0.39, 0.29) is 11.5 Å². The van der Waals surface area contributed by atoms with Gasteiger partial charge in [-0.2, -0.15) is 0 Å². The Kier molecular flexibility index (Phi) is 3.51. The molecule has 0 saturated heterocycles. The Balaban J connectivity index is 2.12. The second-order valence-electron chi connectivity index (χ2n) is 4.29. The Labute approximate surface area is 135 Å². The molecule has 0 atom stereocenters. The van der Waals surface area contributed by atoms with Crippen LogP contribution in [0.3, 0.4) is 0 Å². The van der Waals surface area contributed by atoms with Crippen LogP contribution >= 0.6 is 38.5 Å². The van der Waals surface area contributed by atoms with Gasteiger partial charge in [-0.15, -0.1) is 0 Å². The average molecular weight is 443 g/mol. The van der Waals surface area contributed by atoms with Crippen molar-refractivity contribution in [3.8, 4) is 0 Å². The van der Waals surface area contributed by atoms with Gasteiger partial charge in [0.1, 0.15) is 0 Å². The predicted octanol–water partition coefficient (Wildman–Crippen LogP) is 3.45. The number of H-pyrrole nitrogens is 2. The highest BCUT2D eigenvalue weighted by Crippen LogP contribution is 2.23. The van der Waals surface area contributed by atoms with E-state index in [0.717, 1.165) is 8.04 Å². The van der Waals surface area contributed by atoms with Crippen molar-refractivity contribution in [2.24, 2.45) is 0 Å². The molecule has 3 aromatic rings. The van der Waals surface area contributed by atoms with Gasteiger partial charge in [-0.25, -0.2) is 4.79 Å². The quantitative estimate of drug-likeness (QED) is 0.471. The molecule has 3 rings (SSSR count). The van der Waals surface area contributed by atoms with Gasteiger partial charge in [0.15, 0.2) is 5.78 Å². The number of carbonyl (C=O) groups is 1. The van der Waals surface area contributed by atoms with E-state index in [1.165, 1.54) is 0 Å². The minimum Gasteiger partial charge on any atom is -0.306 e. The van der Waals surface area contributed by atoms with Crippen molar-refractivity contribution in [3.05, 3.63) is 66.1 Å². The summed E-state index contributed by atoms with van der Waals surface area (Å²) in [5.74, 6) is -0.0839. The highest BCUT2D eigenvalue weighted by molar-refractivity contribution is 14.1. The Bertz CT molecular complexity index is 882. The SMILES string of the molecule is O=C(c1ccc2[nH]c(=O)[nH]c2c1)c1cc(I)ccc1Br. The fraction of sp³-hybridized carbons (Fsp3) is 0. The van der Waals surface area contributed by atoms with Gasteiger partial charge >= 0.3 is 5.69 Å². The number of aromatic amines is 2. The van der Waals surface area contributed by atoms with Gasteiger partial charge in [0.2, 0.25) is 0 Å². The number of hydrogen-bond acceptors (Lipinski definition) is 2. The van der Waals surface area contributed by atoms with Crippen LogP contribution in [-0.4, -0.2) is 15.8 Å². The summed E-state index contributed by atoms with van der Waals surface area (Å²) in [6.07, 6.45) is 0. The zero-order valence-corrected chi connectivity index (χ0v) is 13.8. The Morgan fingerprint density at radius 2 is 1.80 bits per heavy atom. The van der Waals surface area contributed by atoms with Crippen molar-refractivity contribution in [3.63, 3.8) is 0 Å². The lowest BCUT2D eigenvalue weighted by atomic mass is 10.0. The number of halogens is 2. The largest absolute Gasteiger partial charge is 0.323 e. The van der Waals surface area contributed by atoms with Crippen LogP contribution in [0.25, 0.3) is 11.0 Å². The van der Waals surface area contributed by atoms with E-state index in [1.807, 2.05) is 18.2 Å². The molecule has 4 nitrogen and oxygen atoms in total. The second-order valence-corrected chi connectivity index (χ2v) is 6.39. The number of nitrogens with one attached hydrogen (secondary N) is 2. The number of carbonyl (C=O) groups excluding carboxylic acids is 1. The molecule has 0 aliphatic carbocycles. The molecule has 6 heteroatoms. The van der Waals surface area contributed by atoms with Crippen LogP contribution in [0, 0.1) is 3.57 Å². The summed E-state index contributed by atoms with van der Waals surface area (Å²) in [7, 11) is 0. The number of rotatable bonds is 2. The first-order chi connectivity index (χ1) is 9.54. The van der Waals surface area contributed by atoms with Crippen molar-refractivity contribution in [1.82, 2.24) is 9.97 Å². The molecule has 20 heavy (non-hydrogen) atoms. The van der Waals surface area contributed by atoms with Crippen LogP contribution in [-0.2, 0) is 0 Å². The third-order valence-corrected chi connectivity index (χ3v) is 4.31. The maximum Gasteiger partial charge on any atom is 0.323 e. The Morgan fingerprint density at radius 1 is 1.05 bits per heavy atom. The van der Waals surface area contributed by atoms with E-state index in [9.17, 15) is 9.59 Å². The van der Waals surface area contributed by atoms with Gasteiger partial charge in [0.25, 0.3) is 0 Å². The van der Waals surface area contributed by atoms with Crippen LogP contribution in [0.1, 0.15) is 15.9 Å². The van der Waals surface area contributed by atoms with E-state index in [1.54, 1.807) is 18.2 Å². The molecule has 0 fully saturated rings. The standard InChI is InChI=1S/C14H8BrIN2O2/c15-10-3-2-8(16)6-9(10)13(19)7-1-4-11-12(5-7)18-14(20)17-11/h1-6H,(H2,17,18,20). The second kappa shape index (κ2) is 5.17. The van der Waals surface area contributed by atoms with Crippen LogP contribution in [0.4, 0.5) is 0 Å². The van der Waals surface area contributed by atoms with Crippen molar-refractivity contribution in [2.75, 3.05) is 0 Å². The van der Waals surface area contributed by atoms with Crippen molar-refractivity contribution < 1.29 is 4.79 Å². The molecule has 2 aromatic carbocycles. The highest BCUT2D eigenvalue weighted by atomic mass is 127. The minimum atomic E-state index is -0.278. The van der Waals surface area contributed by atoms with Gasteiger partial charge in [-0.1, -0.05) is 15.9 Å². The molecule has 0 bridgehead atoms. The van der Waals surface area contributed by atoms with E-state index in [0.29, 0.717) is 22.2 Å². The van der Waals surface area contributed by atoms with Gasteiger partial charge in [0, 0.05) is 19.2 Å². The van der Waals surface area contributed by atoms with Gasteiger partial charge in [-0.05, 0) is 59.0 Å². The zero-order chi connectivity index (χ0) is 14.3. The lowest BCUT2D eigenvalue weighted by Gasteiger charge is -2.05. The predicted molar refractivity (Wildman–Crippen MR) is 89.2 cm³/mol. The molecule has 0 amide bonds. The number of fused-ring (bicyclic) bond motifs is 1. The molecule has 2 N–H and O–H groups in total. The monoisotopic (exact) mass is 442 g/mol. The third-order valence-electron chi connectivity index (χ3n) is 2.95. The Morgan fingerprint density at radius 3 is 2.60 bits per heavy atom. The van der Waals surface area contributed by atoms with Gasteiger partial charge in [-0.3, -0.25) is 4.79 Å². The van der Waals surface area contributed by atoms with E-state index >= 15 is 0 Å².